The van der Waals surface area contributed by atoms with Crippen LogP contribution in [0.2, 0.25) is 5.02 Å². The predicted octanol–water partition coefficient (Wildman–Crippen LogP) is 3.02. The van der Waals surface area contributed by atoms with Gasteiger partial charge in [-0.3, -0.25) is 0 Å². The predicted molar refractivity (Wildman–Crippen MR) is 75.8 cm³/mol. The summed E-state index contributed by atoms with van der Waals surface area (Å²) in [6, 6.07) is 2.87. The highest BCUT2D eigenvalue weighted by molar-refractivity contribution is 14.1. The third-order valence-electron chi connectivity index (χ3n) is 2.93. The molecule has 0 aromatic carbocycles. The lowest BCUT2D eigenvalue weighted by atomic mass is 9.92. The number of nitrogens with two attached hydrogens (primary N) is 1. The van der Waals surface area contributed by atoms with Crippen molar-refractivity contribution in [2.45, 2.75) is 37.8 Å². The van der Waals surface area contributed by atoms with Crippen molar-refractivity contribution in [2.24, 2.45) is 5.73 Å². The van der Waals surface area contributed by atoms with Crippen molar-refractivity contribution in [3.63, 3.8) is 0 Å². The number of nitrogens with zero attached hydrogens (tertiary/aromatic N) is 1. The van der Waals surface area contributed by atoms with Crippen LogP contribution < -0.4 is 11.1 Å². The van der Waals surface area contributed by atoms with Crippen LogP contribution in [0.1, 0.15) is 25.7 Å². The largest absolute Gasteiger partial charge is 0.367 e. The molecule has 0 atom stereocenters. The Morgan fingerprint density at radius 1 is 1.38 bits per heavy atom. The maximum absolute atomic E-state index is 5.93. The zero-order chi connectivity index (χ0) is 11.5. The van der Waals surface area contributed by atoms with Crippen LogP contribution in [0.3, 0.4) is 0 Å². The Morgan fingerprint density at radius 3 is 2.69 bits per heavy atom. The molecular formula is C11H15ClIN3. The molecule has 1 aromatic rings. The molecule has 0 bridgehead atoms. The summed E-state index contributed by atoms with van der Waals surface area (Å²) >= 11 is 8.14. The lowest BCUT2D eigenvalue weighted by Gasteiger charge is -2.27. The highest BCUT2D eigenvalue weighted by Crippen LogP contribution is 2.23. The average molecular weight is 352 g/mol. The highest BCUT2D eigenvalue weighted by Gasteiger charge is 2.18. The Kier molecular flexibility index (Phi) is 4.27. The first-order valence-corrected chi connectivity index (χ1v) is 6.94. The number of aromatic nitrogens is 1. The van der Waals surface area contributed by atoms with E-state index in [1.54, 1.807) is 6.20 Å². The number of nitrogens with one attached hydrogen (secondary N) is 1. The van der Waals surface area contributed by atoms with Gasteiger partial charge in [0.05, 0.1) is 5.02 Å². The minimum atomic E-state index is 0.386. The van der Waals surface area contributed by atoms with Crippen molar-refractivity contribution in [3.05, 3.63) is 20.9 Å². The minimum absolute atomic E-state index is 0.386. The SMILES string of the molecule is NC1CCC(Nc2cc(I)c(Cl)cn2)CC1. The van der Waals surface area contributed by atoms with Gasteiger partial charge in [0.25, 0.3) is 0 Å². The van der Waals surface area contributed by atoms with Gasteiger partial charge in [-0.05, 0) is 54.3 Å². The van der Waals surface area contributed by atoms with Crippen molar-refractivity contribution in [2.75, 3.05) is 5.32 Å². The second-order valence-corrected chi connectivity index (χ2v) is 5.81. The van der Waals surface area contributed by atoms with Gasteiger partial charge >= 0.3 is 0 Å². The van der Waals surface area contributed by atoms with Crippen LogP contribution in [0.15, 0.2) is 12.3 Å². The van der Waals surface area contributed by atoms with Crippen molar-refractivity contribution < 1.29 is 0 Å². The Bertz CT molecular complexity index is 364. The molecule has 1 heterocycles. The summed E-state index contributed by atoms with van der Waals surface area (Å²) in [6.45, 7) is 0. The van der Waals surface area contributed by atoms with Gasteiger partial charge in [0, 0.05) is 21.9 Å². The first-order chi connectivity index (χ1) is 7.65. The van der Waals surface area contributed by atoms with Crippen LogP contribution in [0.5, 0.6) is 0 Å². The molecule has 0 amide bonds. The third-order valence-corrected chi connectivity index (χ3v) is 4.44. The van der Waals surface area contributed by atoms with E-state index in [4.69, 9.17) is 17.3 Å². The van der Waals surface area contributed by atoms with E-state index in [1.807, 2.05) is 6.07 Å². The Labute approximate surface area is 114 Å². The summed E-state index contributed by atoms with van der Waals surface area (Å²) in [5.41, 5.74) is 5.87. The van der Waals surface area contributed by atoms with Crippen molar-refractivity contribution in [1.82, 2.24) is 4.98 Å². The monoisotopic (exact) mass is 351 g/mol. The molecule has 1 aromatic heterocycles. The molecule has 3 N–H and O–H groups in total. The number of anilines is 1. The van der Waals surface area contributed by atoms with Crippen LogP contribution in [-0.4, -0.2) is 17.1 Å². The van der Waals surface area contributed by atoms with Crippen molar-refractivity contribution in [3.8, 4) is 0 Å². The smallest absolute Gasteiger partial charge is 0.127 e. The second kappa shape index (κ2) is 5.51. The van der Waals surface area contributed by atoms with Crippen LogP contribution in [0, 0.1) is 3.57 Å². The van der Waals surface area contributed by atoms with Gasteiger partial charge in [-0.2, -0.15) is 0 Å². The van der Waals surface area contributed by atoms with Crippen molar-refractivity contribution in [1.29, 1.82) is 0 Å². The molecule has 16 heavy (non-hydrogen) atoms. The van der Waals surface area contributed by atoms with Gasteiger partial charge in [-0.25, -0.2) is 4.98 Å². The van der Waals surface area contributed by atoms with Gasteiger partial charge in [0.2, 0.25) is 0 Å². The molecule has 1 fully saturated rings. The summed E-state index contributed by atoms with van der Waals surface area (Å²) in [5, 5.41) is 4.14. The molecular weight excluding hydrogens is 336 g/mol. The zero-order valence-electron chi connectivity index (χ0n) is 8.92. The molecule has 0 radical (unpaired) electrons. The number of hydrogen-bond acceptors (Lipinski definition) is 3. The van der Waals surface area contributed by atoms with E-state index in [0.717, 1.165) is 35.1 Å². The summed E-state index contributed by atoms with van der Waals surface area (Å²) in [4.78, 5) is 4.27. The van der Waals surface area contributed by atoms with E-state index >= 15 is 0 Å². The lowest BCUT2D eigenvalue weighted by Crippen LogP contribution is -2.33. The number of pyridine rings is 1. The standard InChI is InChI=1S/C11H15ClIN3/c12-9-6-15-11(5-10(9)13)16-8-3-1-7(14)2-4-8/h5-8H,1-4,14H2,(H,15,16). The molecule has 88 valence electrons. The van der Waals surface area contributed by atoms with Gasteiger partial charge in [0.1, 0.15) is 5.82 Å². The quantitative estimate of drug-likeness (QED) is 0.805. The molecule has 2 rings (SSSR count). The van der Waals surface area contributed by atoms with Crippen LogP contribution in [0.4, 0.5) is 5.82 Å². The van der Waals surface area contributed by atoms with E-state index in [-0.39, 0.29) is 0 Å². The normalized spacial score (nSPS) is 25.4. The van der Waals surface area contributed by atoms with E-state index < -0.39 is 0 Å². The number of halogens is 2. The summed E-state index contributed by atoms with van der Waals surface area (Å²) in [5.74, 6) is 0.911. The van der Waals surface area contributed by atoms with E-state index in [0.29, 0.717) is 17.1 Å². The molecule has 5 heteroatoms. The van der Waals surface area contributed by atoms with Crippen LogP contribution in [-0.2, 0) is 0 Å². The minimum Gasteiger partial charge on any atom is -0.367 e. The fraction of sp³-hybridized carbons (Fsp3) is 0.545. The second-order valence-electron chi connectivity index (χ2n) is 4.24. The molecule has 1 aliphatic rings. The average Bonchev–Trinajstić information content (AvgIpc) is 2.27. The number of hydrogen-bond donors (Lipinski definition) is 2. The first kappa shape index (κ1) is 12.4. The molecule has 0 spiro atoms. The highest BCUT2D eigenvalue weighted by atomic mass is 127. The third kappa shape index (κ3) is 3.21. The first-order valence-electron chi connectivity index (χ1n) is 5.48. The molecule has 1 saturated carbocycles. The molecule has 0 unspecified atom stereocenters. The zero-order valence-corrected chi connectivity index (χ0v) is 11.8. The van der Waals surface area contributed by atoms with E-state index in [2.05, 4.69) is 32.9 Å². The van der Waals surface area contributed by atoms with Gasteiger partial charge in [-0.15, -0.1) is 0 Å². The van der Waals surface area contributed by atoms with Gasteiger partial charge < -0.3 is 11.1 Å². The summed E-state index contributed by atoms with van der Waals surface area (Å²) in [7, 11) is 0. The molecule has 3 nitrogen and oxygen atoms in total. The van der Waals surface area contributed by atoms with Gasteiger partial charge in [0.15, 0.2) is 0 Å². The fourth-order valence-corrected chi connectivity index (χ4v) is 2.50. The van der Waals surface area contributed by atoms with Crippen molar-refractivity contribution >= 4 is 40.0 Å². The molecule has 0 saturated heterocycles. The molecule has 1 aliphatic carbocycles. The summed E-state index contributed by atoms with van der Waals surface area (Å²) < 4.78 is 1.03. The van der Waals surface area contributed by atoms with Gasteiger partial charge in [-0.1, -0.05) is 11.6 Å². The molecule has 0 aliphatic heterocycles. The topological polar surface area (TPSA) is 50.9 Å². The lowest BCUT2D eigenvalue weighted by molar-refractivity contribution is 0.410. The van der Waals surface area contributed by atoms with Crippen LogP contribution >= 0.6 is 34.2 Å². The van der Waals surface area contributed by atoms with E-state index in [9.17, 15) is 0 Å². The maximum atomic E-state index is 5.93. The Hall–Kier alpha value is -0.0700. The summed E-state index contributed by atoms with van der Waals surface area (Å²) in [6.07, 6.45) is 6.15. The van der Waals surface area contributed by atoms with Crippen LogP contribution in [0.25, 0.3) is 0 Å². The Balaban J connectivity index is 1.96. The maximum Gasteiger partial charge on any atom is 0.127 e. The number of rotatable bonds is 2. The Morgan fingerprint density at radius 2 is 2.06 bits per heavy atom. The van der Waals surface area contributed by atoms with E-state index in [1.165, 1.54) is 0 Å². The fourth-order valence-electron chi connectivity index (χ4n) is 1.97.